The van der Waals surface area contributed by atoms with Crippen molar-refractivity contribution >= 4 is 0 Å². The fraction of sp³-hybridized carbons (Fsp3) is 0.0698. The molecule has 0 heteroatoms. The van der Waals surface area contributed by atoms with Gasteiger partial charge in [-0.2, -0.15) is 0 Å². The van der Waals surface area contributed by atoms with Crippen LogP contribution in [0.25, 0.3) is 0 Å². The maximum Gasteiger partial charge on any atom is 0.0672 e. The molecule has 198 valence electrons. The lowest BCUT2D eigenvalue weighted by atomic mass is 9.85. The average Bonchev–Trinajstić information content (AvgIpc) is 3.55. The second-order valence-electron chi connectivity index (χ2n) is 10.0. The van der Waals surface area contributed by atoms with Crippen LogP contribution in [0.5, 0.6) is 0 Å². The minimum Gasteiger partial charge on any atom is -0.115 e. The van der Waals surface area contributed by atoms with Crippen LogP contribution in [0.2, 0.25) is 0 Å². The highest BCUT2D eigenvalue weighted by molar-refractivity contribution is 5.54. The molecule has 43 heavy (non-hydrogen) atoms. The van der Waals surface area contributed by atoms with Crippen molar-refractivity contribution < 1.29 is 0 Å². The van der Waals surface area contributed by atoms with Gasteiger partial charge in [0.05, 0.1) is 11.8 Å². The molecule has 1 aliphatic carbocycles. The van der Waals surface area contributed by atoms with Crippen molar-refractivity contribution in [3.8, 4) is 73.1 Å². The van der Waals surface area contributed by atoms with Crippen LogP contribution in [0.15, 0.2) is 120 Å². The predicted octanol–water partition coefficient (Wildman–Crippen LogP) is 7.84. The Bertz CT molecular complexity index is 1870. The van der Waals surface area contributed by atoms with E-state index in [-0.39, 0.29) is 11.8 Å². The van der Waals surface area contributed by atoms with E-state index in [4.69, 9.17) is 25.7 Å². The summed E-state index contributed by atoms with van der Waals surface area (Å²) in [6, 6.07) is 31.5. The van der Waals surface area contributed by atoms with E-state index in [0.29, 0.717) is 0 Å². The molecule has 0 radical (unpaired) electrons. The van der Waals surface area contributed by atoms with Gasteiger partial charge in [-0.25, -0.2) is 0 Å². The van der Waals surface area contributed by atoms with Crippen molar-refractivity contribution in [2.45, 2.75) is 18.3 Å². The molecule has 2 unspecified atom stereocenters. The van der Waals surface area contributed by atoms with E-state index in [2.05, 4.69) is 83.8 Å². The Hall–Kier alpha value is -6.28. The van der Waals surface area contributed by atoms with Crippen LogP contribution in [0, 0.1) is 73.1 Å². The van der Waals surface area contributed by atoms with E-state index in [1.807, 2.05) is 72.8 Å². The summed E-state index contributed by atoms with van der Waals surface area (Å²) in [5, 5.41) is 0. The Labute approximate surface area is 255 Å². The van der Waals surface area contributed by atoms with Gasteiger partial charge in [-0.3, -0.25) is 0 Å². The normalized spacial score (nSPS) is 12.7. The van der Waals surface area contributed by atoms with Crippen LogP contribution < -0.4 is 0 Å². The molecule has 5 rings (SSSR count). The van der Waals surface area contributed by atoms with Crippen molar-refractivity contribution in [1.29, 1.82) is 0 Å². The van der Waals surface area contributed by atoms with Gasteiger partial charge >= 0.3 is 0 Å². The summed E-state index contributed by atoms with van der Waals surface area (Å²) < 4.78 is 0. The highest BCUT2D eigenvalue weighted by Gasteiger charge is 2.24. The van der Waals surface area contributed by atoms with Crippen LogP contribution in [0.3, 0.4) is 0 Å². The molecule has 0 bridgehead atoms. The smallest absolute Gasteiger partial charge is 0.0672 e. The van der Waals surface area contributed by atoms with E-state index < -0.39 is 0 Å². The first-order valence-corrected chi connectivity index (χ1v) is 13.8. The Morgan fingerprint density at radius 3 is 1.19 bits per heavy atom. The van der Waals surface area contributed by atoms with Gasteiger partial charge in [0.1, 0.15) is 0 Å². The first kappa shape index (κ1) is 28.3. The maximum absolute atomic E-state index is 5.62. The molecule has 0 amide bonds. The summed E-state index contributed by atoms with van der Waals surface area (Å²) in [5.74, 6) is 24.2. The number of hydrogen-bond acceptors (Lipinski definition) is 0. The van der Waals surface area contributed by atoms with Gasteiger partial charge in [-0.1, -0.05) is 95.9 Å². The first-order valence-electron chi connectivity index (χ1n) is 13.8. The number of allylic oxidation sites excluding steroid dienone is 4. The number of benzene rings is 4. The molecule has 4 aromatic carbocycles. The monoisotopic (exact) mass is 542 g/mol. The summed E-state index contributed by atoms with van der Waals surface area (Å²) in [5.41, 5.74) is 9.54. The van der Waals surface area contributed by atoms with Gasteiger partial charge in [0, 0.05) is 33.4 Å². The molecule has 0 nitrogen and oxygen atoms in total. The molecule has 0 saturated carbocycles. The van der Waals surface area contributed by atoms with Crippen LogP contribution in [-0.2, 0) is 0 Å². The molecule has 0 aliphatic heterocycles. The van der Waals surface area contributed by atoms with Gasteiger partial charge in [0.25, 0.3) is 0 Å². The molecule has 4 aromatic rings. The SMILES string of the molecule is C#Cc1ccc(C(C#Cc2cccc(C#C)c2)C2=CC=C(C(C#Cc3cccc(C#C)c3)c3ccc(C#C)cc3)C2)cc1. The lowest BCUT2D eigenvalue weighted by Gasteiger charge is -2.18. The zero-order valence-electron chi connectivity index (χ0n) is 23.6. The van der Waals surface area contributed by atoms with Gasteiger partial charge < -0.3 is 0 Å². The topological polar surface area (TPSA) is 0 Å². The van der Waals surface area contributed by atoms with E-state index >= 15 is 0 Å². The molecule has 0 saturated heterocycles. The van der Waals surface area contributed by atoms with Crippen LogP contribution >= 0.6 is 0 Å². The van der Waals surface area contributed by atoms with Gasteiger partial charge in [-0.15, -0.1) is 25.7 Å². The lowest BCUT2D eigenvalue weighted by Crippen LogP contribution is -2.04. The van der Waals surface area contributed by atoms with Crippen LogP contribution in [0.4, 0.5) is 0 Å². The third kappa shape index (κ3) is 6.90. The first-order chi connectivity index (χ1) is 21.1. The molecule has 0 spiro atoms. The third-order valence-corrected chi connectivity index (χ3v) is 7.26. The van der Waals surface area contributed by atoms with Gasteiger partial charge in [0.15, 0.2) is 0 Å². The van der Waals surface area contributed by atoms with E-state index in [9.17, 15) is 0 Å². The molecular weight excluding hydrogens is 516 g/mol. The summed E-state index contributed by atoms with van der Waals surface area (Å²) in [4.78, 5) is 0. The number of terminal acetylenes is 4. The highest BCUT2D eigenvalue weighted by Crippen LogP contribution is 2.38. The van der Waals surface area contributed by atoms with Crippen molar-refractivity contribution in [2.24, 2.45) is 0 Å². The second-order valence-corrected chi connectivity index (χ2v) is 10.0. The molecule has 0 heterocycles. The van der Waals surface area contributed by atoms with E-state index in [0.717, 1.165) is 50.9 Å². The fourth-order valence-corrected chi connectivity index (χ4v) is 4.97. The fourth-order valence-electron chi connectivity index (χ4n) is 4.97. The van der Waals surface area contributed by atoms with Crippen molar-refractivity contribution in [1.82, 2.24) is 0 Å². The lowest BCUT2D eigenvalue weighted by molar-refractivity contribution is 0.905. The molecular formula is C43H26. The van der Waals surface area contributed by atoms with Gasteiger partial charge in [-0.05, 0) is 89.4 Å². The minimum atomic E-state index is -0.139. The number of rotatable bonds is 4. The molecule has 0 N–H and O–H groups in total. The summed E-state index contributed by atoms with van der Waals surface area (Å²) in [6.45, 7) is 0. The zero-order chi connectivity index (χ0) is 30.0. The average molecular weight is 543 g/mol. The quantitative estimate of drug-likeness (QED) is 0.231. The largest absolute Gasteiger partial charge is 0.115 e. The standard InChI is InChI=1S/C43H26/c1-5-32-15-21-38(22-16-32)42(27-19-36-13-9-11-34(7-3)29-36)40-25-26-41(31-40)43(39-23-17-33(6-2)18-24-39)28-20-37-14-10-12-35(8-4)30-37/h1-4,9-18,21-26,29-30,42-43H,31H2. The van der Waals surface area contributed by atoms with Crippen molar-refractivity contribution in [3.63, 3.8) is 0 Å². The van der Waals surface area contributed by atoms with Gasteiger partial charge in [0.2, 0.25) is 0 Å². The summed E-state index contributed by atoms with van der Waals surface area (Å²) >= 11 is 0. The Balaban J connectivity index is 1.49. The predicted molar refractivity (Wildman–Crippen MR) is 178 cm³/mol. The van der Waals surface area contributed by atoms with Crippen LogP contribution in [0.1, 0.15) is 62.8 Å². The summed E-state index contributed by atoms with van der Waals surface area (Å²) in [7, 11) is 0. The Morgan fingerprint density at radius 1 is 0.442 bits per heavy atom. The molecule has 0 aromatic heterocycles. The van der Waals surface area contributed by atoms with Crippen LogP contribution in [-0.4, -0.2) is 0 Å². The Kier molecular flexibility index (Phi) is 8.80. The number of hydrogen-bond donors (Lipinski definition) is 0. The highest BCUT2D eigenvalue weighted by atomic mass is 14.3. The molecule has 0 fully saturated rings. The maximum atomic E-state index is 5.62. The second kappa shape index (κ2) is 13.4. The van der Waals surface area contributed by atoms with E-state index in [1.54, 1.807) is 0 Å². The molecule has 1 aliphatic rings. The summed E-state index contributed by atoms with van der Waals surface area (Å²) in [6.07, 6.45) is 27.5. The minimum absolute atomic E-state index is 0.139. The molecule has 2 atom stereocenters. The van der Waals surface area contributed by atoms with E-state index in [1.165, 1.54) is 11.1 Å². The third-order valence-electron chi connectivity index (χ3n) is 7.26. The van der Waals surface area contributed by atoms with Crippen molar-refractivity contribution in [2.75, 3.05) is 0 Å². The van der Waals surface area contributed by atoms with Crippen molar-refractivity contribution in [3.05, 3.63) is 165 Å². The zero-order valence-corrected chi connectivity index (χ0v) is 23.6. The Morgan fingerprint density at radius 2 is 0.814 bits per heavy atom.